The second-order valence-corrected chi connectivity index (χ2v) is 9.09. The zero-order chi connectivity index (χ0) is 27.5. The number of alkyl halides is 3. The van der Waals surface area contributed by atoms with Gasteiger partial charge in [-0.15, -0.1) is 4.73 Å². The maximum Gasteiger partial charge on any atom is 0.534 e. The standard InChI is InChI=1S/C24H18F3N3O7S/c1-2-35-23(32)18-20(37-38(33,34)24(25,26)27)17-19(16-11-7-4-8-12-16)28-14-29-21(17)30(22(18)31)36-13-15-9-5-3-6-10-15/h3-12,14H,2,13H2,1H3. The van der Waals surface area contributed by atoms with E-state index in [-0.39, 0.29) is 24.5 Å². The van der Waals surface area contributed by atoms with Crippen LogP contribution in [0.2, 0.25) is 0 Å². The van der Waals surface area contributed by atoms with Gasteiger partial charge in [0.05, 0.1) is 17.7 Å². The van der Waals surface area contributed by atoms with Gasteiger partial charge in [0.2, 0.25) is 0 Å². The van der Waals surface area contributed by atoms with Gasteiger partial charge < -0.3 is 13.8 Å². The Morgan fingerprint density at radius 2 is 1.63 bits per heavy atom. The molecule has 38 heavy (non-hydrogen) atoms. The summed E-state index contributed by atoms with van der Waals surface area (Å²) < 4.78 is 74.0. The highest BCUT2D eigenvalue weighted by atomic mass is 32.2. The molecule has 0 saturated carbocycles. The number of rotatable bonds is 8. The van der Waals surface area contributed by atoms with E-state index in [1.54, 1.807) is 48.5 Å². The number of benzene rings is 2. The van der Waals surface area contributed by atoms with Crippen LogP contribution in [0.25, 0.3) is 22.3 Å². The topological polar surface area (TPSA) is 127 Å². The van der Waals surface area contributed by atoms with Crippen LogP contribution in [-0.2, 0) is 21.5 Å². The molecule has 0 aliphatic rings. The molecule has 0 atom stereocenters. The van der Waals surface area contributed by atoms with Gasteiger partial charge in [0.15, 0.2) is 17.0 Å². The highest BCUT2D eigenvalue weighted by Crippen LogP contribution is 2.37. The van der Waals surface area contributed by atoms with Crippen LogP contribution in [0.5, 0.6) is 5.75 Å². The fraction of sp³-hybridized carbons (Fsp3) is 0.167. The van der Waals surface area contributed by atoms with Gasteiger partial charge >= 0.3 is 27.2 Å². The monoisotopic (exact) mass is 549 g/mol. The molecule has 198 valence electrons. The van der Waals surface area contributed by atoms with Gasteiger partial charge in [-0.3, -0.25) is 4.79 Å². The van der Waals surface area contributed by atoms with Crippen molar-refractivity contribution in [3.8, 4) is 17.0 Å². The van der Waals surface area contributed by atoms with E-state index < -0.39 is 49.5 Å². The molecule has 0 aliphatic carbocycles. The van der Waals surface area contributed by atoms with Gasteiger partial charge in [-0.2, -0.15) is 21.6 Å². The summed E-state index contributed by atoms with van der Waals surface area (Å²) in [6.07, 6.45) is 0.999. The predicted molar refractivity (Wildman–Crippen MR) is 128 cm³/mol. The van der Waals surface area contributed by atoms with E-state index in [2.05, 4.69) is 14.2 Å². The smallest absolute Gasteiger partial charge is 0.462 e. The van der Waals surface area contributed by atoms with Crippen molar-refractivity contribution < 1.29 is 40.1 Å². The number of hydrogen-bond acceptors (Lipinski definition) is 9. The molecule has 0 N–H and O–H groups in total. The zero-order valence-corrected chi connectivity index (χ0v) is 20.3. The maximum absolute atomic E-state index is 13.4. The fourth-order valence-corrected chi connectivity index (χ4v) is 3.91. The zero-order valence-electron chi connectivity index (χ0n) is 19.5. The Morgan fingerprint density at radius 1 is 1.00 bits per heavy atom. The second kappa shape index (κ2) is 10.5. The number of fused-ring (bicyclic) bond motifs is 1. The lowest BCUT2D eigenvalue weighted by Gasteiger charge is -2.19. The van der Waals surface area contributed by atoms with Crippen LogP contribution in [0.1, 0.15) is 22.8 Å². The quantitative estimate of drug-likeness (QED) is 0.184. The van der Waals surface area contributed by atoms with Gasteiger partial charge in [-0.1, -0.05) is 60.7 Å². The molecule has 0 amide bonds. The first kappa shape index (κ1) is 26.6. The first-order valence-corrected chi connectivity index (χ1v) is 12.3. The van der Waals surface area contributed by atoms with Gasteiger partial charge in [0.1, 0.15) is 12.9 Å². The van der Waals surface area contributed by atoms with Gasteiger partial charge in [0, 0.05) is 5.56 Å². The highest BCUT2D eigenvalue weighted by molar-refractivity contribution is 7.88. The molecular weight excluding hydrogens is 531 g/mol. The minimum absolute atomic E-state index is 0.134. The van der Waals surface area contributed by atoms with Crippen LogP contribution < -0.4 is 14.6 Å². The molecule has 4 aromatic rings. The van der Waals surface area contributed by atoms with Crippen LogP contribution in [-0.4, -0.2) is 41.2 Å². The highest BCUT2D eigenvalue weighted by Gasteiger charge is 2.50. The lowest BCUT2D eigenvalue weighted by molar-refractivity contribution is -0.0500. The summed E-state index contributed by atoms with van der Waals surface area (Å²) in [6, 6.07) is 16.4. The number of nitrogens with zero attached hydrogens (tertiary/aromatic N) is 3. The van der Waals surface area contributed by atoms with Crippen molar-refractivity contribution in [3.05, 3.63) is 88.5 Å². The molecule has 0 fully saturated rings. The Balaban J connectivity index is 2.09. The van der Waals surface area contributed by atoms with E-state index in [9.17, 15) is 31.2 Å². The van der Waals surface area contributed by atoms with Crippen molar-refractivity contribution in [2.75, 3.05) is 6.61 Å². The summed E-state index contributed by atoms with van der Waals surface area (Å²) >= 11 is 0. The number of carbonyl (C=O) groups is 1. The summed E-state index contributed by atoms with van der Waals surface area (Å²) in [5, 5.41) is -0.498. The summed E-state index contributed by atoms with van der Waals surface area (Å²) in [7, 11) is -6.35. The largest absolute Gasteiger partial charge is 0.534 e. The average Bonchev–Trinajstić information content (AvgIpc) is 2.88. The third kappa shape index (κ3) is 5.16. The Morgan fingerprint density at radius 3 is 2.24 bits per heavy atom. The Bertz CT molecular complexity index is 1640. The van der Waals surface area contributed by atoms with Gasteiger partial charge in [-0.25, -0.2) is 14.8 Å². The minimum atomic E-state index is -6.35. The Hall–Kier alpha value is -4.46. The number of ether oxygens (including phenoxy) is 1. The molecular formula is C24H18F3N3O7S. The van der Waals surface area contributed by atoms with E-state index in [0.29, 0.717) is 10.3 Å². The third-order valence-corrected chi connectivity index (χ3v) is 6.03. The fourth-order valence-electron chi connectivity index (χ4n) is 3.43. The molecule has 0 unspecified atom stereocenters. The average molecular weight is 549 g/mol. The molecule has 2 aromatic heterocycles. The normalized spacial score (nSPS) is 11.8. The molecule has 0 bridgehead atoms. The first-order chi connectivity index (χ1) is 18.0. The second-order valence-electron chi connectivity index (χ2n) is 7.55. The molecule has 4 rings (SSSR count). The van der Waals surface area contributed by atoms with Crippen molar-refractivity contribution >= 4 is 27.1 Å². The minimum Gasteiger partial charge on any atom is -0.462 e. The summed E-state index contributed by atoms with van der Waals surface area (Å²) in [4.78, 5) is 40.0. The summed E-state index contributed by atoms with van der Waals surface area (Å²) in [6.45, 7) is 0.877. The molecule has 2 heterocycles. The van der Waals surface area contributed by atoms with Gasteiger partial charge in [-0.05, 0) is 12.5 Å². The summed E-state index contributed by atoms with van der Waals surface area (Å²) in [5.74, 6) is -2.67. The van der Waals surface area contributed by atoms with Crippen LogP contribution in [0.15, 0.2) is 71.8 Å². The van der Waals surface area contributed by atoms with Crippen molar-refractivity contribution in [3.63, 3.8) is 0 Å². The maximum atomic E-state index is 13.4. The van der Waals surface area contributed by atoms with Crippen LogP contribution >= 0.6 is 0 Å². The van der Waals surface area contributed by atoms with E-state index in [1.165, 1.54) is 19.1 Å². The number of carbonyl (C=O) groups excluding carboxylic acids is 1. The Labute approximate surface area is 213 Å². The molecule has 0 saturated heterocycles. The van der Waals surface area contributed by atoms with E-state index in [0.717, 1.165) is 6.33 Å². The van der Waals surface area contributed by atoms with Gasteiger partial charge in [0.25, 0.3) is 0 Å². The lowest BCUT2D eigenvalue weighted by Crippen LogP contribution is -2.35. The lowest BCUT2D eigenvalue weighted by atomic mass is 10.1. The van der Waals surface area contributed by atoms with Crippen molar-refractivity contribution in [1.29, 1.82) is 0 Å². The van der Waals surface area contributed by atoms with Crippen LogP contribution in [0.4, 0.5) is 13.2 Å². The molecule has 0 radical (unpaired) electrons. The predicted octanol–water partition coefficient (Wildman–Crippen LogP) is 3.49. The number of esters is 1. The number of aromatic nitrogens is 3. The Kier molecular flexibility index (Phi) is 7.35. The molecule has 0 aliphatic heterocycles. The number of hydrogen-bond donors (Lipinski definition) is 0. The molecule has 2 aromatic carbocycles. The number of pyridine rings is 1. The van der Waals surface area contributed by atoms with Crippen LogP contribution in [0.3, 0.4) is 0 Å². The number of halogens is 3. The van der Waals surface area contributed by atoms with E-state index >= 15 is 0 Å². The molecule has 14 heteroatoms. The van der Waals surface area contributed by atoms with Crippen LogP contribution in [0, 0.1) is 0 Å². The van der Waals surface area contributed by atoms with E-state index in [4.69, 9.17) is 9.57 Å². The van der Waals surface area contributed by atoms with Crippen molar-refractivity contribution in [1.82, 2.24) is 14.7 Å². The van der Waals surface area contributed by atoms with Crippen molar-refractivity contribution in [2.24, 2.45) is 0 Å². The first-order valence-electron chi connectivity index (χ1n) is 10.9. The van der Waals surface area contributed by atoms with Crippen molar-refractivity contribution in [2.45, 2.75) is 19.0 Å². The summed E-state index contributed by atoms with van der Waals surface area (Å²) in [5.41, 5.74) is -8.07. The SMILES string of the molecule is CCOC(=O)c1c(OS(=O)(=O)C(F)(F)F)c2c(-c3ccccc3)ncnc2n(OCc2ccccc2)c1=O. The third-order valence-electron chi connectivity index (χ3n) is 5.08. The van der Waals surface area contributed by atoms with E-state index in [1.807, 2.05) is 0 Å². The molecule has 10 nitrogen and oxygen atoms in total. The molecule has 0 spiro atoms.